The number of amides is 1. The van der Waals surface area contributed by atoms with E-state index in [9.17, 15) is 4.79 Å². The second kappa shape index (κ2) is 12.0. The summed E-state index contributed by atoms with van der Waals surface area (Å²) in [6.07, 6.45) is 3.34. The molecule has 0 saturated carbocycles. The predicted octanol–water partition coefficient (Wildman–Crippen LogP) is 4.90. The lowest BCUT2D eigenvalue weighted by Gasteiger charge is -2.34. The average molecular weight is 558 g/mol. The van der Waals surface area contributed by atoms with E-state index >= 15 is 0 Å². The van der Waals surface area contributed by atoms with Gasteiger partial charge in [0.15, 0.2) is 0 Å². The summed E-state index contributed by atoms with van der Waals surface area (Å²) in [6.45, 7) is 12.7. The third kappa shape index (κ3) is 7.63. The summed E-state index contributed by atoms with van der Waals surface area (Å²) in [5, 5.41) is 15.1. The Bertz CT molecular complexity index is 1490. The van der Waals surface area contributed by atoms with Gasteiger partial charge in [-0.3, -0.25) is 4.68 Å². The van der Waals surface area contributed by atoms with E-state index in [1.54, 1.807) is 0 Å². The van der Waals surface area contributed by atoms with E-state index < -0.39 is 11.7 Å². The lowest BCUT2D eigenvalue weighted by atomic mass is 10.2. The number of benzene rings is 2. The quantitative estimate of drug-likeness (QED) is 0.278. The average Bonchev–Trinajstić information content (AvgIpc) is 3.32. The van der Waals surface area contributed by atoms with Gasteiger partial charge in [-0.2, -0.15) is 10.1 Å². The molecule has 41 heavy (non-hydrogen) atoms. The van der Waals surface area contributed by atoms with Gasteiger partial charge < -0.3 is 30.5 Å². The number of rotatable bonds is 8. The number of carbonyl (C=O) groups excluding carboxylic acids is 1. The van der Waals surface area contributed by atoms with Crippen molar-refractivity contribution in [3.05, 3.63) is 60.4 Å². The number of likely N-dealkylation sites (N-methyl/N-ethyl adjacent to an activating group) is 1. The highest BCUT2D eigenvalue weighted by Crippen LogP contribution is 2.25. The van der Waals surface area contributed by atoms with E-state index in [1.165, 1.54) is 5.69 Å². The summed E-state index contributed by atoms with van der Waals surface area (Å²) in [7, 11) is 2.16. The third-order valence-electron chi connectivity index (χ3n) is 6.79. The van der Waals surface area contributed by atoms with Crippen molar-refractivity contribution in [1.29, 1.82) is 0 Å². The van der Waals surface area contributed by atoms with Gasteiger partial charge in [-0.1, -0.05) is 0 Å². The summed E-state index contributed by atoms with van der Waals surface area (Å²) >= 11 is 0. The van der Waals surface area contributed by atoms with Gasteiger partial charge in [0.2, 0.25) is 5.95 Å². The minimum Gasteiger partial charge on any atom is -0.444 e. The number of ether oxygens (including phenoxy) is 1. The molecule has 216 valence electrons. The van der Waals surface area contributed by atoms with E-state index in [4.69, 9.17) is 9.72 Å². The molecule has 0 bridgehead atoms. The van der Waals surface area contributed by atoms with Crippen LogP contribution < -0.4 is 20.9 Å². The van der Waals surface area contributed by atoms with Crippen LogP contribution in [-0.4, -0.2) is 76.1 Å². The molecule has 0 unspecified atom stereocenters. The molecule has 0 radical (unpaired) electrons. The molecule has 1 amide bonds. The molecule has 1 fully saturated rings. The number of hydrogen-bond acceptors (Lipinski definition) is 9. The fourth-order valence-electron chi connectivity index (χ4n) is 4.57. The molecule has 11 heteroatoms. The van der Waals surface area contributed by atoms with Crippen LogP contribution in [0.5, 0.6) is 0 Å². The fraction of sp³-hybridized carbons (Fsp3) is 0.400. The second-order valence-corrected chi connectivity index (χ2v) is 11.4. The van der Waals surface area contributed by atoms with Crippen molar-refractivity contribution in [2.45, 2.75) is 39.8 Å². The fourth-order valence-corrected chi connectivity index (χ4v) is 4.57. The normalized spacial score (nSPS) is 14.2. The Hall–Kier alpha value is -4.38. The number of aryl methyl sites for hydroxylation is 1. The minimum absolute atomic E-state index is 0.419. The molecule has 4 aromatic rings. The number of piperazine rings is 1. The Balaban J connectivity index is 1.20. The van der Waals surface area contributed by atoms with Gasteiger partial charge in [-0.25, -0.2) is 9.78 Å². The molecule has 3 heterocycles. The number of carbonyl (C=O) groups is 1. The zero-order valence-electron chi connectivity index (χ0n) is 24.4. The number of aromatic nitrogens is 4. The van der Waals surface area contributed by atoms with E-state index in [2.05, 4.69) is 67.1 Å². The van der Waals surface area contributed by atoms with E-state index in [1.807, 2.05) is 63.0 Å². The Morgan fingerprint density at radius 1 is 1.00 bits per heavy atom. The van der Waals surface area contributed by atoms with Crippen LogP contribution in [0.2, 0.25) is 0 Å². The van der Waals surface area contributed by atoms with E-state index in [0.29, 0.717) is 19.0 Å². The van der Waals surface area contributed by atoms with Crippen molar-refractivity contribution in [1.82, 2.24) is 30.0 Å². The lowest BCUT2D eigenvalue weighted by Crippen LogP contribution is -2.44. The van der Waals surface area contributed by atoms with Gasteiger partial charge in [0.25, 0.3) is 0 Å². The standard InChI is InChI=1S/C30H39N9O2/c1-21-19-32-28(34-23-6-9-25(10-7-23)38-16-14-37(5)15-17-38)35-27(21)33-24-8-11-26-22(18-24)20-39(36-26)13-12-31-29(40)41-30(2,3)4/h6-11,18-20H,12-17H2,1-5H3,(H,31,40)(H2,32,33,34,35). The minimum atomic E-state index is -0.525. The SMILES string of the molecule is Cc1cnc(Nc2ccc(N3CCN(C)CC3)cc2)nc1Nc1ccc2nn(CCNC(=O)OC(C)(C)C)cc2c1. The van der Waals surface area contributed by atoms with Crippen molar-refractivity contribution >= 4 is 45.8 Å². The summed E-state index contributed by atoms with van der Waals surface area (Å²) in [5.41, 5.74) is 4.34. The van der Waals surface area contributed by atoms with Crippen LogP contribution in [0.25, 0.3) is 10.9 Å². The molecule has 0 aliphatic carbocycles. The Morgan fingerprint density at radius 3 is 2.46 bits per heavy atom. The number of nitrogens with one attached hydrogen (secondary N) is 3. The number of alkyl carbamates (subject to hydrolysis) is 1. The van der Waals surface area contributed by atoms with Crippen molar-refractivity contribution in [2.75, 3.05) is 55.3 Å². The topological polar surface area (TPSA) is 112 Å². The highest BCUT2D eigenvalue weighted by Gasteiger charge is 2.16. The first-order valence-electron chi connectivity index (χ1n) is 14.0. The molecule has 1 aliphatic rings. The first-order valence-corrected chi connectivity index (χ1v) is 14.0. The zero-order chi connectivity index (χ0) is 29.0. The number of fused-ring (bicyclic) bond motifs is 1. The molecule has 5 rings (SSSR count). The summed E-state index contributed by atoms with van der Waals surface area (Å²) in [5.74, 6) is 1.25. The Morgan fingerprint density at radius 2 is 1.73 bits per heavy atom. The highest BCUT2D eigenvalue weighted by molar-refractivity contribution is 5.83. The van der Waals surface area contributed by atoms with Gasteiger partial charge in [0, 0.05) is 73.1 Å². The summed E-state index contributed by atoms with van der Waals surface area (Å²) < 4.78 is 7.10. The van der Waals surface area contributed by atoms with Crippen molar-refractivity contribution in [3.8, 4) is 0 Å². The molecule has 1 aliphatic heterocycles. The monoisotopic (exact) mass is 557 g/mol. The number of anilines is 5. The summed E-state index contributed by atoms with van der Waals surface area (Å²) in [4.78, 5) is 25.9. The van der Waals surface area contributed by atoms with Gasteiger partial charge >= 0.3 is 6.09 Å². The molecule has 0 spiro atoms. The first-order chi connectivity index (χ1) is 19.6. The molecule has 2 aromatic carbocycles. The van der Waals surface area contributed by atoms with Gasteiger partial charge in [-0.05, 0) is 77.2 Å². The maximum Gasteiger partial charge on any atom is 0.407 e. The second-order valence-electron chi connectivity index (χ2n) is 11.4. The van der Waals surface area contributed by atoms with Crippen LogP contribution in [0, 0.1) is 6.92 Å². The Kier molecular flexibility index (Phi) is 8.25. The van der Waals surface area contributed by atoms with Crippen molar-refractivity contribution in [3.63, 3.8) is 0 Å². The van der Waals surface area contributed by atoms with Crippen molar-refractivity contribution < 1.29 is 9.53 Å². The van der Waals surface area contributed by atoms with Crippen molar-refractivity contribution in [2.24, 2.45) is 0 Å². The lowest BCUT2D eigenvalue weighted by molar-refractivity contribution is 0.0525. The largest absolute Gasteiger partial charge is 0.444 e. The molecule has 11 nitrogen and oxygen atoms in total. The van der Waals surface area contributed by atoms with Crippen LogP contribution in [0.1, 0.15) is 26.3 Å². The summed E-state index contributed by atoms with van der Waals surface area (Å²) in [6, 6.07) is 14.4. The Labute approximate surface area is 240 Å². The predicted molar refractivity (Wildman–Crippen MR) is 163 cm³/mol. The van der Waals surface area contributed by atoms with E-state index in [-0.39, 0.29) is 0 Å². The first kappa shape index (κ1) is 28.2. The van der Waals surface area contributed by atoms with Crippen LogP contribution in [-0.2, 0) is 11.3 Å². The number of hydrogen-bond donors (Lipinski definition) is 3. The zero-order valence-corrected chi connectivity index (χ0v) is 24.4. The smallest absolute Gasteiger partial charge is 0.407 e. The van der Waals surface area contributed by atoms with Crippen LogP contribution in [0.3, 0.4) is 0 Å². The van der Waals surface area contributed by atoms with Gasteiger partial charge in [-0.15, -0.1) is 0 Å². The molecule has 3 N–H and O–H groups in total. The van der Waals surface area contributed by atoms with Crippen LogP contribution in [0.15, 0.2) is 54.9 Å². The molecular formula is C30H39N9O2. The molecular weight excluding hydrogens is 518 g/mol. The highest BCUT2D eigenvalue weighted by atomic mass is 16.6. The molecule has 0 atom stereocenters. The maximum absolute atomic E-state index is 11.9. The molecule has 1 saturated heterocycles. The third-order valence-corrected chi connectivity index (χ3v) is 6.79. The van der Waals surface area contributed by atoms with E-state index in [0.717, 1.165) is 59.8 Å². The van der Waals surface area contributed by atoms with Crippen LogP contribution in [0.4, 0.5) is 33.6 Å². The van der Waals surface area contributed by atoms with Gasteiger partial charge in [0.1, 0.15) is 11.4 Å². The number of nitrogens with zero attached hydrogens (tertiary/aromatic N) is 6. The van der Waals surface area contributed by atoms with Crippen LogP contribution >= 0.6 is 0 Å². The van der Waals surface area contributed by atoms with Gasteiger partial charge in [0.05, 0.1) is 12.1 Å². The molecule has 2 aromatic heterocycles. The maximum atomic E-state index is 11.9.